The van der Waals surface area contributed by atoms with E-state index in [1.807, 2.05) is 0 Å². The maximum absolute atomic E-state index is 13.3. The summed E-state index contributed by atoms with van der Waals surface area (Å²) in [4.78, 5) is 39.8. The van der Waals surface area contributed by atoms with E-state index in [0.29, 0.717) is 0 Å². The zero-order valence-corrected chi connectivity index (χ0v) is 18.0. The Labute approximate surface area is 244 Å². The van der Waals surface area contributed by atoms with E-state index in [2.05, 4.69) is 0 Å². The second kappa shape index (κ2) is 9.56. The standard InChI is InChI=1S/C22H24N2O9.2Na.2H/c1-21(32)7-5-4-6-8(25)9(7)15(26)10-12(21)17(28)13-14(24(2)3)16(27)11(20(23)31)19(30)22(13,33)18(10)29;;;;/h4-6,12-14,17,25,27-29,32-33H,1-3H3,(H2,23,31);;;;/t12-,13-,14+,17+,21-,22+;;;;/m1..../s1. The molecule has 0 aliphatic heterocycles. The number of likely N-dealkylation sites (N-methyl/N-ethyl adjacent to an activating group) is 1. The summed E-state index contributed by atoms with van der Waals surface area (Å²) in [6.07, 6.45) is -1.87. The zero-order valence-electron chi connectivity index (χ0n) is 18.0. The Morgan fingerprint density at radius 1 is 1.09 bits per heavy atom. The van der Waals surface area contributed by atoms with Crippen LogP contribution in [0.3, 0.4) is 0 Å². The predicted molar refractivity (Wildman–Crippen MR) is 125 cm³/mol. The van der Waals surface area contributed by atoms with Crippen LogP contribution in [0.2, 0.25) is 0 Å². The van der Waals surface area contributed by atoms with Crippen molar-refractivity contribution in [2.75, 3.05) is 14.1 Å². The van der Waals surface area contributed by atoms with Crippen LogP contribution in [0.4, 0.5) is 0 Å². The van der Waals surface area contributed by atoms with Gasteiger partial charge >= 0.3 is 59.1 Å². The monoisotopic (exact) mass is 508 g/mol. The molecule has 6 atom stereocenters. The fraction of sp³-hybridized carbons (Fsp3) is 0.409. The van der Waals surface area contributed by atoms with Gasteiger partial charge in [0, 0.05) is 0 Å². The molecule has 0 unspecified atom stereocenters. The number of ketones is 2. The van der Waals surface area contributed by atoms with Crippen molar-refractivity contribution in [3.63, 3.8) is 0 Å². The van der Waals surface area contributed by atoms with E-state index in [0.717, 1.165) is 0 Å². The first kappa shape index (κ1) is 30.0. The van der Waals surface area contributed by atoms with E-state index in [4.69, 9.17) is 5.73 Å². The number of hydrogen-bond acceptors (Lipinski definition) is 10. The van der Waals surface area contributed by atoms with Gasteiger partial charge in [0.1, 0.15) is 22.8 Å². The molecule has 0 aromatic heterocycles. The molecular weight excluding hydrogens is 482 g/mol. The van der Waals surface area contributed by atoms with Crippen LogP contribution in [0.1, 0.15) is 22.8 Å². The first-order chi connectivity index (χ1) is 15.2. The molecule has 4 rings (SSSR count). The number of carbonyl (C=O) groups is 3. The van der Waals surface area contributed by atoms with Crippen molar-refractivity contribution in [3.05, 3.63) is 52.0 Å². The van der Waals surface area contributed by atoms with Crippen LogP contribution in [-0.2, 0) is 15.2 Å². The van der Waals surface area contributed by atoms with Crippen molar-refractivity contribution in [3.8, 4) is 5.75 Å². The van der Waals surface area contributed by atoms with E-state index in [1.165, 1.54) is 44.1 Å². The maximum atomic E-state index is 13.3. The Balaban J connectivity index is 0.00000216. The molecule has 1 amide bonds. The van der Waals surface area contributed by atoms with Crippen molar-refractivity contribution in [1.82, 2.24) is 4.90 Å². The third kappa shape index (κ3) is 3.76. The average molecular weight is 508 g/mol. The molecule has 0 spiro atoms. The van der Waals surface area contributed by atoms with Crippen LogP contribution >= 0.6 is 0 Å². The van der Waals surface area contributed by atoms with E-state index in [-0.39, 0.29) is 70.2 Å². The zero-order chi connectivity index (χ0) is 24.8. The Hall–Kier alpha value is -1.25. The number of aliphatic hydroxyl groups excluding tert-OH is 3. The molecule has 8 N–H and O–H groups in total. The van der Waals surface area contributed by atoms with Gasteiger partial charge in [-0.1, -0.05) is 12.1 Å². The molecule has 13 heteroatoms. The molecule has 11 nitrogen and oxygen atoms in total. The SMILES string of the molecule is CN(C)[C@@H]1C(O)=C(C(N)=O)C(=O)[C@@]2(O)C(O)=C3C(=O)c4c(O)cccc4[C@@](C)(O)[C@H]3[C@H](O)[C@@H]12.[NaH].[NaH]. The molecule has 0 bridgehead atoms. The number of aromatic hydroxyl groups is 1. The number of benzene rings is 1. The number of aliphatic hydroxyl groups is 5. The van der Waals surface area contributed by atoms with E-state index < -0.39 is 81.1 Å². The van der Waals surface area contributed by atoms with Crippen molar-refractivity contribution in [2.24, 2.45) is 17.6 Å². The summed E-state index contributed by atoms with van der Waals surface area (Å²) in [5.74, 6) is -9.66. The van der Waals surface area contributed by atoms with Gasteiger partial charge in [0.05, 0.1) is 40.7 Å². The fourth-order valence-corrected chi connectivity index (χ4v) is 5.60. The molecule has 0 fully saturated rings. The number of hydrogen-bond donors (Lipinski definition) is 7. The average Bonchev–Trinajstić information content (AvgIpc) is 2.70. The Morgan fingerprint density at radius 2 is 1.66 bits per heavy atom. The number of nitrogens with zero attached hydrogens (tertiary/aromatic N) is 1. The molecule has 0 saturated carbocycles. The Kier molecular flexibility index (Phi) is 8.19. The van der Waals surface area contributed by atoms with Gasteiger partial charge in [0.2, 0.25) is 5.78 Å². The second-order valence-electron chi connectivity index (χ2n) is 9.06. The van der Waals surface area contributed by atoms with Gasteiger partial charge in [-0.3, -0.25) is 19.3 Å². The van der Waals surface area contributed by atoms with E-state index in [9.17, 15) is 45.0 Å². The van der Waals surface area contributed by atoms with Gasteiger partial charge in [-0.05, 0) is 32.6 Å². The molecule has 0 heterocycles. The van der Waals surface area contributed by atoms with Crippen LogP contribution in [0.5, 0.6) is 5.75 Å². The van der Waals surface area contributed by atoms with Gasteiger partial charge in [-0.2, -0.15) is 0 Å². The number of primary amides is 1. The van der Waals surface area contributed by atoms with Crippen molar-refractivity contribution < 1.29 is 45.0 Å². The summed E-state index contributed by atoms with van der Waals surface area (Å²) in [7, 11) is 2.85. The number of phenolic OH excluding ortho intramolecular Hbond substituents is 1. The topological polar surface area (TPSA) is 202 Å². The first-order valence-corrected chi connectivity index (χ1v) is 10.1. The molecule has 0 saturated heterocycles. The van der Waals surface area contributed by atoms with Gasteiger partial charge < -0.3 is 36.4 Å². The van der Waals surface area contributed by atoms with Gasteiger partial charge in [-0.15, -0.1) is 0 Å². The summed E-state index contributed by atoms with van der Waals surface area (Å²) in [5.41, 5.74) is -1.88. The third-order valence-corrected chi connectivity index (χ3v) is 7.04. The van der Waals surface area contributed by atoms with Crippen LogP contribution in [0, 0.1) is 11.8 Å². The molecule has 3 aliphatic carbocycles. The van der Waals surface area contributed by atoms with Crippen molar-refractivity contribution >= 4 is 76.6 Å². The quantitative estimate of drug-likeness (QED) is 0.165. The van der Waals surface area contributed by atoms with Crippen molar-refractivity contribution in [1.29, 1.82) is 0 Å². The molecule has 3 aliphatic rings. The number of nitrogens with two attached hydrogens (primary N) is 1. The van der Waals surface area contributed by atoms with Gasteiger partial charge in [0.25, 0.3) is 5.91 Å². The van der Waals surface area contributed by atoms with E-state index >= 15 is 0 Å². The second-order valence-corrected chi connectivity index (χ2v) is 9.06. The molecule has 0 radical (unpaired) electrons. The normalized spacial score (nSPS) is 33.9. The number of phenols is 1. The van der Waals surface area contributed by atoms with E-state index in [1.54, 1.807) is 0 Å². The Morgan fingerprint density at radius 3 is 2.17 bits per heavy atom. The summed E-state index contributed by atoms with van der Waals surface area (Å²) in [6.45, 7) is 1.25. The minimum absolute atomic E-state index is 0. The number of fused-ring (bicyclic) bond motifs is 3. The molecule has 1 aromatic rings. The number of amides is 1. The number of Topliss-reactive ketones (excluding diaryl/α,β-unsaturated/α-hetero) is 2. The van der Waals surface area contributed by atoms with Crippen LogP contribution in [0.15, 0.2) is 40.9 Å². The molecule has 180 valence electrons. The number of carbonyl (C=O) groups excluding carboxylic acids is 3. The fourth-order valence-electron chi connectivity index (χ4n) is 5.60. The minimum atomic E-state index is -3.02. The molecule has 1 aromatic carbocycles. The first-order valence-electron chi connectivity index (χ1n) is 10.1. The van der Waals surface area contributed by atoms with Crippen LogP contribution < -0.4 is 5.73 Å². The van der Waals surface area contributed by atoms with Gasteiger partial charge in [0.15, 0.2) is 11.4 Å². The molecular formula is C22H26N2Na2O9. The molecule has 35 heavy (non-hydrogen) atoms. The number of rotatable bonds is 2. The van der Waals surface area contributed by atoms with Crippen molar-refractivity contribution in [2.45, 2.75) is 30.3 Å². The van der Waals surface area contributed by atoms with Crippen LogP contribution in [-0.4, -0.2) is 144 Å². The third-order valence-electron chi connectivity index (χ3n) is 7.04. The van der Waals surface area contributed by atoms with Gasteiger partial charge in [-0.25, -0.2) is 0 Å². The Bertz CT molecular complexity index is 1190. The summed E-state index contributed by atoms with van der Waals surface area (Å²) in [5, 5.41) is 66.5. The summed E-state index contributed by atoms with van der Waals surface area (Å²) in [6, 6.07) is 2.54. The summed E-state index contributed by atoms with van der Waals surface area (Å²) >= 11 is 0. The van der Waals surface area contributed by atoms with Crippen LogP contribution in [0.25, 0.3) is 0 Å². The predicted octanol–water partition coefficient (Wildman–Crippen LogP) is -2.54. The summed E-state index contributed by atoms with van der Waals surface area (Å²) < 4.78 is 0.